The van der Waals surface area contributed by atoms with Crippen LogP contribution in [0.25, 0.3) is 5.82 Å². The Hall–Kier alpha value is -3.66. The summed E-state index contributed by atoms with van der Waals surface area (Å²) in [6.07, 6.45) is 3.15. The van der Waals surface area contributed by atoms with E-state index in [-0.39, 0.29) is 36.0 Å². The maximum atomic E-state index is 13.7. The van der Waals surface area contributed by atoms with Gasteiger partial charge in [0.15, 0.2) is 23.1 Å². The molecule has 9 nitrogen and oxygen atoms in total. The Bertz CT molecular complexity index is 1110. The molecular weight excluding hydrogens is 376 g/mol. The Morgan fingerprint density at radius 1 is 1.28 bits per heavy atom. The zero-order chi connectivity index (χ0) is 20.3. The number of rotatable bonds is 5. The van der Waals surface area contributed by atoms with Crippen LogP contribution in [-0.2, 0) is 0 Å². The van der Waals surface area contributed by atoms with Crippen LogP contribution in [0.3, 0.4) is 0 Å². The van der Waals surface area contributed by atoms with Gasteiger partial charge in [0.2, 0.25) is 0 Å². The molecule has 0 bridgehead atoms. The molecule has 1 N–H and O–H groups in total. The van der Waals surface area contributed by atoms with Gasteiger partial charge in [0, 0.05) is 24.0 Å². The fourth-order valence-corrected chi connectivity index (χ4v) is 2.36. The van der Waals surface area contributed by atoms with Crippen molar-refractivity contribution in [3.05, 3.63) is 65.4 Å². The molecule has 0 spiro atoms. The number of aromatic carboxylic acids is 1. The molecule has 2 heterocycles. The van der Waals surface area contributed by atoms with E-state index in [1.54, 1.807) is 23.0 Å². The number of hydrogen-bond donors (Lipinski definition) is 1. The summed E-state index contributed by atoms with van der Waals surface area (Å²) in [5.74, 6) is -3.22. The number of carbonyl (C=O) groups is 2. The van der Waals surface area contributed by atoms with Crippen molar-refractivity contribution in [1.29, 1.82) is 5.26 Å². The van der Waals surface area contributed by atoms with Crippen molar-refractivity contribution in [3.63, 3.8) is 0 Å². The van der Waals surface area contributed by atoms with Gasteiger partial charge >= 0.3 is 18.9 Å². The normalized spacial score (nSPS) is 9.83. The van der Waals surface area contributed by atoms with Gasteiger partial charge in [0.05, 0.1) is 24.3 Å². The maximum absolute atomic E-state index is 13.7. The molecular formula is C18H11FLiN5O4. The fourth-order valence-electron chi connectivity index (χ4n) is 2.36. The molecule has 2 aromatic heterocycles. The van der Waals surface area contributed by atoms with Crippen LogP contribution in [-0.4, -0.2) is 33.8 Å². The predicted octanol–water partition coefficient (Wildman–Crippen LogP) is -2.09. The first-order chi connectivity index (χ1) is 13.4. The molecule has 0 aliphatic rings. The molecule has 0 radical (unpaired) electrons. The van der Waals surface area contributed by atoms with Gasteiger partial charge in [-0.1, -0.05) is 0 Å². The SMILES string of the molecule is COc1cc(NC(=O)c2ccc(-n3ccc(C#N)c3)nn2)c(C(=O)[O-])cc1F.[Li+]. The molecule has 0 aliphatic carbocycles. The van der Waals surface area contributed by atoms with E-state index in [1.807, 2.05) is 6.07 Å². The molecule has 0 atom stereocenters. The van der Waals surface area contributed by atoms with E-state index in [9.17, 15) is 19.1 Å². The third kappa shape index (κ3) is 4.61. The molecule has 0 unspecified atom stereocenters. The molecule has 0 aliphatic heterocycles. The third-order valence-electron chi connectivity index (χ3n) is 3.73. The zero-order valence-electron chi connectivity index (χ0n) is 15.3. The van der Waals surface area contributed by atoms with Gasteiger partial charge < -0.3 is 24.5 Å². The second-order valence-corrected chi connectivity index (χ2v) is 5.47. The van der Waals surface area contributed by atoms with Crippen LogP contribution in [0.1, 0.15) is 26.4 Å². The summed E-state index contributed by atoms with van der Waals surface area (Å²) >= 11 is 0. The van der Waals surface area contributed by atoms with Gasteiger partial charge in [-0.25, -0.2) is 4.39 Å². The minimum Gasteiger partial charge on any atom is -0.545 e. The number of carboxylic acid groups (broad SMARTS) is 1. The third-order valence-corrected chi connectivity index (χ3v) is 3.73. The van der Waals surface area contributed by atoms with Crippen LogP contribution in [0.15, 0.2) is 42.7 Å². The Kier molecular flexibility index (Phi) is 6.73. The van der Waals surface area contributed by atoms with Crippen LogP contribution < -0.4 is 34.0 Å². The second-order valence-electron chi connectivity index (χ2n) is 5.47. The van der Waals surface area contributed by atoms with Gasteiger partial charge in [0.25, 0.3) is 5.91 Å². The second kappa shape index (κ2) is 9.02. The monoisotopic (exact) mass is 387 g/mol. The summed E-state index contributed by atoms with van der Waals surface area (Å²) in [7, 11) is 1.20. The average molecular weight is 387 g/mol. The van der Waals surface area contributed by atoms with E-state index in [0.717, 1.165) is 6.07 Å². The van der Waals surface area contributed by atoms with Gasteiger partial charge in [0.1, 0.15) is 6.07 Å². The summed E-state index contributed by atoms with van der Waals surface area (Å²) < 4.78 is 20.0. The summed E-state index contributed by atoms with van der Waals surface area (Å²) in [4.78, 5) is 23.6. The largest absolute Gasteiger partial charge is 1.00 e. The number of amides is 1. The van der Waals surface area contributed by atoms with Crippen molar-refractivity contribution in [2.75, 3.05) is 12.4 Å². The molecule has 1 aromatic carbocycles. The molecule has 1 amide bonds. The number of hydrogen-bond acceptors (Lipinski definition) is 7. The molecule has 3 aromatic rings. The Labute approximate surface area is 175 Å². The van der Waals surface area contributed by atoms with E-state index in [0.29, 0.717) is 17.4 Å². The number of nitrogens with zero attached hydrogens (tertiary/aromatic N) is 4. The van der Waals surface area contributed by atoms with Gasteiger partial charge in [-0.2, -0.15) is 5.26 Å². The Morgan fingerprint density at radius 3 is 2.59 bits per heavy atom. The Morgan fingerprint density at radius 2 is 2.03 bits per heavy atom. The van der Waals surface area contributed by atoms with E-state index in [1.165, 1.54) is 19.2 Å². The molecule has 29 heavy (non-hydrogen) atoms. The predicted molar refractivity (Wildman–Crippen MR) is 91.3 cm³/mol. The molecule has 11 heteroatoms. The van der Waals surface area contributed by atoms with Crippen molar-refractivity contribution in [1.82, 2.24) is 14.8 Å². The summed E-state index contributed by atoms with van der Waals surface area (Å²) in [5, 5.41) is 30.0. The average Bonchev–Trinajstić information content (AvgIpc) is 3.18. The summed E-state index contributed by atoms with van der Waals surface area (Å²) in [5.41, 5.74) is -0.432. The van der Waals surface area contributed by atoms with Gasteiger partial charge in [-0.3, -0.25) is 4.79 Å². The first kappa shape index (κ1) is 21.6. The molecule has 3 rings (SSSR count). The quantitative estimate of drug-likeness (QED) is 0.496. The number of halogens is 1. The number of carboxylic acids is 1. The maximum Gasteiger partial charge on any atom is 1.00 e. The molecule has 0 fully saturated rings. The van der Waals surface area contributed by atoms with Crippen molar-refractivity contribution in [3.8, 4) is 17.6 Å². The number of nitrogens with one attached hydrogen (secondary N) is 1. The number of anilines is 1. The van der Waals surface area contributed by atoms with Gasteiger partial charge in [-0.15, -0.1) is 10.2 Å². The van der Waals surface area contributed by atoms with Crippen molar-refractivity contribution in [2.24, 2.45) is 0 Å². The molecule has 0 saturated carbocycles. The summed E-state index contributed by atoms with van der Waals surface area (Å²) in [6, 6.07) is 8.15. The van der Waals surface area contributed by atoms with Crippen molar-refractivity contribution < 1.29 is 42.7 Å². The minimum atomic E-state index is -1.67. The minimum absolute atomic E-state index is 0. The topological polar surface area (TPSA) is 133 Å². The first-order valence-electron chi connectivity index (χ1n) is 7.75. The number of nitriles is 1. The number of ether oxygens (including phenoxy) is 1. The first-order valence-corrected chi connectivity index (χ1v) is 7.75. The number of carbonyl (C=O) groups excluding carboxylic acids is 2. The van der Waals surface area contributed by atoms with Crippen LogP contribution in [0.5, 0.6) is 5.75 Å². The molecule has 0 saturated heterocycles. The van der Waals surface area contributed by atoms with E-state index in [4.69, 9.17) is 10.00 Å². The zero-order valence-corrected chi connectivity index (χ0v) is 15.3. The smallest absolute Gasteiger partial charge is 0.545 e. The molecule has 140 valence electrons. The van der Waals surface area contributed by atoms with Crippen molar-refractivity contribution in [2.45, 2.75) is 0 Å². The van der Waals surface area contributed by atoms with Crippen LogP contribution in [0, 0.1) is 17.1 Å². The van der Waals surface area contributed by atoms with Crippen LogP contribution >= 0.6 is 0 Å². The van der Waals surface area contributed by atoms with Gasteiger partial charge in [-0.05, 0) is 24.3 Å². The number of methoxy groups -OCH3 is 1. The summed E-state index contributed by atoms with van der Waals surface area (Å²) in [6.45, 7) is 0. The van der Waals surface area contributed by atoms with Crippen LogP contribution in [0.4, 0.5) is 10.1 Å². The van der Waals surface area contributed by atoms with E-state index < -0.39 is 23.3 Å². The number of aromatic nitrogens is 3. The number of benzene rings is 1. The standard InChI is InChI=1S/C18H12FN5O4.Li/c1-28-15-7-14(11(18(26)27)6-12(15)19)21-17(25)13-2-3-16(23-22-13)24-5-4-10(8-20)9-24;/h2-7,9H,1H3,(H,21,25)(H,26,27);/q;+1/p-1. The van der Waals surface area contributed by atoms with Crippen LogP contribution in [0.2, 0.25) is 0 Å². The van der Waals surface area contributed by atoms with E-state index >= 15 is 0 Å². The van der Waals surface area contributed by atoms with E-state index in [2.05, 4.69) is 15.5 Å². The van der Waals surface area contributed by atoms with Crippen molar-refractivity contribution >= 4 is 17.6 Å². The fraction of sp³-hybridized carbons (Fsp3) is 0.0556. The Balaban J connectivity index is 0.00000300.